The van der Waals surface area contributed by atoms with E-state index in [-0.39, 0.29) is 0 Å². The summed E-state index contributed by atoms with van der Waals surface area (Å²) < 4.78 is 5.54. The summed E-state index contributed by atoms with van der Waals surface area (Å²) in [5.74, 6) is 1.21. The Morgan fingerprint density at radius 2 is 1.80 bits per heavy atom. The van der Waals surface area contributed by atoms with Crippen LogP contribution in [-0.2, 0) is 0 Å². The Morgan fingerprint density at radius 3 is 2.50 bits per heavy atom. The number of aromatic nitrogens is 3. The molecule has 0 saturated heterocycles. The number of nitrogens with zero attached hydrogens (tertiary/aromatic N) is 3. The molecule has 0 amide bonds. The van der Waals surface area contributed by atoms with Crippen molar-refractivity contribution >= 4 is 11.9 Å². The highest BCUT2D eigenvalue weighted by atomic mass is 16.5. The fourth-order valence-corrected chi connectivity index (χ4v) is 2.25. The summed E-state index contributed by atoms with van der Waals surface area (Å²) in [6.07, 6.45) is 6.91. The van der Waals surface area contributed by atoms with Gasteiger partial charge in [-0.2, -0.15) is 15.0 Å². The zero-order chi connectivity index (χ0) is 14.2. The third-order valence-electron chi connectivity index (χ3n) is 3.27. The molecule has 1 aromatic rings. The van der Waals surface area contributed by atoms with Crippen LogP contribution in [0.25, 0.3) is 0 Å². The van der Waals surface area contributed by atoms with Crippen LogP contribution in [0, 0.1) is 0 Å². The summed E-state index contributed by atoms with van der Waals surface area (Å²) in [6.45, 7) is 5.65. The van der Waals surface area contributed by atoms with Gasteiger partial charge in [-0.05, 0) is 25.7 Å². The van der Waals surface area contributed by atoms with Crippen molar-refractivity contribution in [1.29, 1.82) is 0 Å². The highest BCUT2D eigenvalue weighted by Crippen LogP contribution is 2.21. The van der Waals surface area contributed by atoms with Gasteiger partial charge in [0.1, 0.15) is 0 Å². The van der Waals surface area contributed by atoms with Crippen molar-refractivity contribution in [2.75, 3.05) is 23.8 Å². The predicted octanol–water partition coefficient (Wildman–Crippen LogP) is 2.84. The topological polar surface area (TPSA) is 72.0 Å². The maximum absolute atomic E-state index is 5.54. The molecule has 1 heterocycles. The Balaban J connectivity index is 2.06. The molecule has 1 aliphatic carbocycles. The van der Waals surface area contributed by atoms with Crippen molar-refractivity contribution < 1.29 is 4.74 Å². The molecule has 6 nitrogen and oxygen atoms in total. The average molecular weight is 279 g/mol. The van der Waals surface area contributed by atoms with Crippen LogP contribution in [0.4, 0.5) is 11.9 Å². The van der Waals surface area contributed by atoms with E-state index in [1.54, 1.807) is 0 Å². The van der Waals surface area contributed by atoms with E-state index in [4.69, 9.17) is 4.74 Å². The molecule has 112 valence electrons. The van der Waals surface area contributed by atoms with E-state index in [1.165, 1.54) is 25.7 Å². The fourth-order valence-electron chi connectivity index (χ4n) is 2.25. The molecule has 0 radical (unpaired) electrons. The number of nitrogens with one attached hydrogen (secondary N) is 2. The van der Waals surface area contributed by atoms with Gasteiger partial charge in [0.2, 0.25) is 11.9 Å². The molecule has 2 N–H and O–H groups in total. The number of hydrogen-bond acceptors (Lipinski definition) is 6. The lowest BCUT2D eigenvalue weighted by atomic mass is 10.3. The Morgan fingerprint density at radius 1 is 1.05 bits per heavy atom. The minimum Gasteiger partial charge on any atom is -0.463 e. The quantitative estimate of drug-likeness (QED) is 0.762. The molecule has 2 rings (SSSR count). The second-order valence-corrected chi connectivity index (χ2v) is 5.17. The second kappa shape index (κ2) is 7.87. The van der Waals surface area contributed by atoms with E-state index >= 15 is 0 Å². The zero-order valence-corrected chi connectivity index (χ0v) is 12.5. The average Bonchev–Trinajstić information content (AvgIpc) is 2.95. The zero-order valence-electron chi connectivity index (χ0n) is 12.5. The predicted molar refractivity (Wildman–Crippen MR) is 80.3 cm³/mol. The molecule has 1 fully saturated rings. The van der Waals surface area contributed by atoms with Crippen molar-refractivity contribution in [1.82, 2.24) is 15.0 Å². The first-order chi connectivity index (χ1) is 9.81. The van der Waals surface area contributed by atoms with E-state index in [1.807, 2.05) is 0 Å². The highest BCUT2D eigenvalue weighted by Gasteiger charge is 2.17. The van der Waals surface area contributed by atoms with Gasteiger partial charge in [-0.15, -0.1) is 0 Å². The van der Waals surface area contributed by atoms with Crippen molar-refractivity contribution in [3.05, 3.63) is 0 Å². The van der Waals surface area contributed by atoms with Crippen LogP contribution in [0.3, 0.4) is 0 Å². The molecule has 1 saturated carbocycles. The van der Waals surface area contributed by atoms with E-state index in [9.17, 15) is 0 Å². The van der Waals surface area contributed by atoms with E-state index in [2.05, 4.69) is 39.4 Å². The molecule has 0 unspecified atom stereocenters. The van der Waals surface area contributed by atoms with Crippen molar-refractivity contribution in [3.63, 3.8) is 0 Å². The SMILES string of the molecule is CCCNc1nc(NC2CCCC2)nc(OCCC)n1. The Kier molecular flexibility index (Phi) is 5.83. The van der Waals surface area contributed by atoms with Crippen LogP contribution in [0.5, 0.6) is 6.01 Å². The maximum atomic E-state index is 5.54. The summed E-state index contributed by atoms with van der Waals surface area (Å²) >= 11 is 0. The molecule has 1 aliphatic rings. The third-order valence-corrected chi connectivity index (χ3v) is 3.27. The van der Waals surface area contributed by atoms with Crippen LogP contribution in [0.2, 0.25) is 0 Å². The smallest absolute Gasteiger partial charge is 0.323 e. The maximum Gasteiger partial charge on any atom is 0.323 e. The minimum atomic E-state index is 0.404. The van der Waals surface area contributed by atoms with E-state index in [0.717, 1.165) is 19.4 Å². The van der Waals surface area contributed by atoms with Crippen LogP contribution in [0.1, 0.15) is 52.4 Å². The van der Waals surface area contributed by atoms with Crippen LogP contribution in [-0.4, -0.2) is 34.1 Å². The molecular weight excluding hydrogens is 254 g/mol. The van der Waals surface area contributed by atoms with Crippen molar-refractivity contribution in [2.24, 2.45) is 0 Å². The number of hydrogen-bond donors (Lipinski definition) is 2. The second-order valence-electron chi connectivity index (χ2n) is 5.17. The molecule has 20 heavy (non-hydrogen) atoms. The van der Waals surface area contributed by atoms with E-state index in [0.29, 0.717) is 30.6 Å². The van der Waals surface area contributed by atoms with Gasteiger partial charge in [0, 0.05) is 12.6 Å². The number of rotatable bonds is 8. The normalized spacial score (nSPS) is 15.3. The molecular formula is C14H25N5O. The molecule has 6 heteroatoms. The first-order valence-electron chi connectivity index (χ1n) is 7.71. The van der Waals surface area contributed by atoms with Gasteiger partial charge in [-0.25, -0.2) is 0 Å². The standard InChI is InChI=1S/C14H25N5O/c1-3-9-15-12-17-13(16-11-7-5-6-8-11)19-14(18-12)20-10-4-2/h11H,3-10H2,1-2H3,(H2,15,16,17,18,19). The Labute approximate surface area is 120 Å². The van der Waals surface area contributed by atoms with Crippen LogP contribution in [0.15, 0.2) is 0 Å². The first kappa shape index (κ1) is 14.8. The third kappa shape index (κ3) is 4.51. The van der Waals surface area contributed by atoms with E-state index < -0.39 is 0 Å². The first-order valence-corrected chi connectivity index (χ1v) is 7.71. The van der Waals surface area contributed by atoms with Crippen LogP contribution >= 0.6 is 0 Å². The number of ether oxygens (including phenoxy) is 1. The van der Waals surface area contributed by atoms with Crippen molar-refractivity contribution in [2.45, 2.75) is 58.4 Å². The molecule has 0 spiro atoms. The van der Waals surface area contributed by atoms with Crippen molar-refractivity contribution in [3.8, 4) is 6.01 Å². The van der Waals surface area contributed by atoms with Gasteiger partial charge in [-0.3, -0.25) is 0 Å². The Bertz CT molecular complexity index is 380. The summed E-state index contributed by atoms with van der Waals surface area (Å²) in [4.78, 5) is 13.1. The molecule has 0 bridgehead atoms. The molecule has 0 aromatic carbocycles. The summed E-state index contributed by atoms with van der Waals surface area (Å²) in [5, 5.41) is 6.59. The molecule has 0 atom stereocenters. The monoisotopic (exact) mass is 279 g/mol. The van der Waals surface area contributed by atoms with Crippen LogP contribution < -0.4 is 15.4 Å². The Hall–Kier alpha value is -1.59. The minimum absolute atomic E-state index is 0.404. The molecule has 0 aliphatic heterocycles. The highest BCUT2D eigenvalue weighted by molar-refractivity contribution is 5.36. The summed E-state index contributed by atoms with van der Waals surface area (Å²) in [6, 6.07) is 0.886. The van der Waals surface area contributed by atoms with Gasteiger partial charge in [0.15, 0.2) is 0 Å². The number of anilines is 2. The lowest BCUT2D eigenvalue weighted by Crippen LogP contribution is -2.18. The molecule has 1 aromatic heterocycles. The lowest BCUT2D eigenvalue weighted by Gasteiger charge is -2.13. The fraction of sp³-hybridized carbons (Fsp3) is 0.786. The van der Waals surface area contributed by atoms with Gasteiger partial charge < -0.3 is 15.4 Å². The van der Waals surface area contributed by atoms with Gasteiger partial charge in [0.05, 0.1) is 6.61 Å². The summed E-state index contributed by atoms with van der Waals surface area (Å²) in [5.41, 5.74) is 0. The van der Waals surface area contributed by atoms with Gasteiger partial charge >= 0.3 is 6.01 Å². The lowest BCUT2D eigenvalue weighted by molar-refractivity contribution is 0.292. The van der Waals surface area contributed by atoms with Gasteiger partial charge in [0.25, 0.3) is 0 Å². The van der Waals surface area contributed by atoms with Gasteiger partial charge in [-0.1, -0.05) is 26.7 Å². The summed E-state index contributed by atoms with van der Waals surface area (Å²) in [7, 11) is 0. The largest absolute Gasteiger partial charge is 0.463 e.